The number of carboxylic acid groups (broad SMARTS) is 1. The molecule has 3 aromatic carbocycles. The molecule has 0 saturated carbocycles. The van der Waals surface area contributed by atoms with Crippen LogP contribution in [0.5, 0.6) is 5.75 Å². The number of aliphatic carboxylic acids is 1. The highest BCUT2D eigenvalue weighted by atomic mass is 19.1. The van der Waals surface area contributed by atoms with Crippen LogP contribution in [-0.4, -0.2) is 101 Å². The molecule has 0 spiro atoms. The molecule has 2 fully saturated rings. The molecule has 2 heterocycles. The number of carboxylic acids is 1. The summed E-state index contributed by atoms with van der Waals surface area (Å²) in [6.07, 6.45) is -2.46. The number of fused-ring (bicyclic) bond motifs is 3. The highest BCUT2D eigenvalue weighted by Gasteiger charge is 2.43. The molecule has 266 valence electrons. The second-order valence-corrected chi connectivity index (χ2v) is 13.3. The van der Waals surface area contributed by atoms with Gasteiger partial charge in [-0.3, -0.25) is 9.80 Å². The number of halogens is 1. The Bertz CT molecular complexity index is 1680. The van der Waals surface area contributed by atoms with Crippen molar-refractivity contribution >= 4 is 24.1 Å². The largest absolute Gasteiger partial charge is 0.485 e. The molecule has 13 heteroatoms. The van der Waals surface area contributed by atoms with Crippen LogP contribution >= 0.6 is 0 Å². The summed E-state index contributed by atoms with van der Waals surface area (Å²) in [7, 11) is 1.25. The van der Waals surface area contributed by atoms with E-state index < -0.39 is 59.8 Å². The lowest BCUT2D eigenvalue weighted by atomic mass is 9.98. The number of nitrogens with zero attached hydrogens (tertiary/aromatic N) is 2. The zero-order valence-corrected chi connectivity index (χ0v) is 28.3. The van der Waals surface area contributed by atoms with Crippen LogP contribution in [0.1, 0.15) is 50.7 Å². The number of aliphatic hydroxyl groups excluding tert-OH is 1. The van der Waals surface area contributed by atoms with Gasteiger partial charge in [0.05, 0.1) is 26.3 Å². The van der Waals surface area contributed by atoms with E-state index in [0.717, 1.165) is 27.2 Å². The van der Waals surface area contributed by atoms with Gasteiger partial charge in [-0.2, -0.15) is 0 Å². The van der Waals surface area contributed by atoms with E-state index in [2.05, 4.69) is 4.74 Å². The molecule has 0 radical (unpaired) electrons. The molecule has 50 heavy (non-hydrogen) atoms. The van der Waals surface area contributed by atoms with E-state index in [1.807, 2.05) is 48.5 Å². The fourth-order valence-corrected chi connectivity index (χ4v) is 6.41. The molecule has 1 aliphatic carbocycles. The number of aliphatic hydroxyl groups is 1. The van der Waals surface area contributed by atoms with Gasteiger partial charge in [0.25, 0.3) is 0 Å². The van der Waals surface area contributed by atoms with Crippen molar-refractivity contribution in [2.24, 2.45) is 0 Å². The summed E-state index contributed by atoms with van der Waals surface area (Å²) in [5.74, 6) is -2.32. The lowest BCUT2D eigenvalue weighted by molar-refractivity contribution is -0.145. The van der Waals surface area contributed by atoms with Gasteiger partial charge in [-0.05, 0) is 55.2 Å². The normalized spacial score (nSPS) is 21.0. The molecule has 12 nitrogen and oxygen atoms in total. The molecular weight excluding hydrogens is 651 g/mol. The summed E-state index contributed by atoms with van der Waals surface area (Å²) in [6.45, 7) is 5.41. The van der Waals surface area contributed by atoms with Crippen molar-refractivity contribution < 1.29 is 52.7 Å². The summed E-state index contributed by atoms with van der Waals surface area (Å²) in [5, 5.41) is 19.1. The number of methoxy groups -OCH3 is 1. The monoisotopic (exact) mass is 692 g/mol. The van der Waals surface area contributed by atoms with Crippen molar-refractivity contribution in [3.8, 4) is 16.9 Å². The first-order chi connectivity index (χ1) is 23.8. The lowest BCUT2D eigenvalue weighted by Crippen LogP contribution is -2.43. The molecular formula is C37H41FN2O10. The molecule has 2 aliphatic heterocycles. The molecule has 0 aromatic heterocycles. The van der Waals surface area contributed by atoms with Crippen molar-refractivity contribution in [3.63, 3.8) is 0 Å². The van der Waals surface area contributed by atoms with Crippen LogP contribution in [0.3, 0.4) is 0 Å². The lowest BCUT2D eigenvalue weighted by Gasteiger charge is -2.27. The van der Waals surface area contributed by atoms with E-state index in [1.165, 1.54) is 24.1 Å². The van der Waals surface area contributed by atoms with Crippen LogP contribution in [0, 0.1) is 5.82 Å². The van der Waals surface area contributed by atoms with Gasteiger partial charge in [-0.25, -0.2) is 23.6 Å². The number of benzene rings is 3. The van der Waals surface area contributed by atoms with E-state index >= 15 is 0 Å². The second kappa shape index (κ2) is 15.2. The molecule has 3 aliphatic rings. The maximum Gasteiger partial charge on any atom is 0.411 e. The van der Waals surface area contributed by atoms with Gasteiger partial charge in [0, 0.05) is 18.8 Å². The van der Waals surface area contributed by atoms with Crippen molar-refractivity contribution in [3.05, 3.63) is 89.7 Å². The first-order valence-electron chi connectivity index (χ1n) is 16.3. The highest BCUT2D eigenvalue weighted by molar-refractivity contribution is 5.83. The predicted molar refractivity (Wildman–Crippen MR) is 178 cm³/mol. The number of rotatable bonds is 6. The maximum atomic E-state index is 13.9. The minimum atomic E-state index is -1.15. The summed E-state index contributed by atoms with van der Waals surface area (Å²) in [4.78, 5) is 50.3. The van der Waals surface area contributed by atoms with Gasteiger partial charge in [0.1, 0.15) is 30.4 Å². The Labute approximate surface area is 289 Å². The number of β-amino-alcohol motifs (C(OH)–C–C–N with tert-alkyl or cyclic N) is 1. The Morgan fingerprint density at radius 3 is 1.98 bits per heavy atom. The summed E-state index contributed by atoms with van der Waals surface area (Å²) in [6, 6.07) is 20.0. The summed E-state index contributed by atoms with van der Waals surface area (Å²) < 4.78 is 35.0. The Balaban J connectivity index is 0.000000242. The van der Waals surface area contributed by atoms with Crippen molar-refractivity contribution in [1.82, 2.24) is 9.80 Å². The number of amides is 2. The predicted octanol–water partition coefficient (Wildman–Crippen LogP) is 5.21. The van der Waals surface area contributed by atoms with Gasteiger partial charge in [0.15, 0.2) is 11.6 Å². The Morgan fingerprint density at radius 1 is 0.820 bits per heavy atom. The van der Waals surface area contributed by atoms with Gasteiger partial charge < -0.3 is 29.2 Å². The van der Waals surface area contributed by atoms with E-state index in [4.69, 9.17) is 14.2 Å². The third-order valence-corrected chi connectivity index (χ3v) is 8.63. The van der Waals surface area contributed by atoms with Gasteiger partial charge in [-0.1, -0.05) is 60.7 Å². The number of carbonyl (C=O) groups excluding carboxylic acids is 3. The first kappa shape index (κ1) is 36.1. The number of carbonyl (C=O) groups is 4. The second-order valence-electron chi connectivity index (χ2n) is 13.3. The van der Waals surface area contributed by atoms with E-state index in [-0.39, 0.29) is 44.2 Å². The Hall–Kier alpha value is -5.17. The third-order valence-electron chi connectivity index (χ3n) is 8.63. The quantitative estimate of drug-likeness (QED) is 0.260. The van der Waals surface area contributed by atoms with Crippen molar-refractivity contribution in [1.29, 1.82) is 0 Å². The molecule has 2 N–H and O–H groups in total. The van der Waals surface area contributed by atoms with E-state index in [1.54, 1.807) is 32.9 Å². The van der Waals surface area contributed by atoms with Crippen LogP contribution in [0.25, 0.3) is 11.1 Å². The fourth-order valence-electron chi connectivity index (χ4n) is 6.41. The van der Waals surface area contributed by atoms with Crippen LogP contribution < -0.4 is 4.74 Å². The van der Waals surface area contributed by atoms with Crippen LogP contribution in [0.4, 0.5) is 14.0 Å². The third kappa shape index (κ3) is 8.16. The molecule has 6 rings (SSSR count). The SMILES string of the molecule is COC(=O)[C@@H]1C[C@H](O)CN1C(=O)OC(C)(C)C.O=C(O)[C@@H]1C[C@@H](Oc2ccccc2F)CN1C(=O)OCC1c2ccccc2-c2ccccc21. The van der Waals surface area contributed by atoms with Crippen molar-refractivity contribution in [2.45, 2.75) is 69.4 Å². The zero-order valence-electron chi connectivity index (χ0n) is 28.3. The maximum absolute atomic E-state index is 13.9. The number of para-hydroxylation sites is 1. The van der Waals surface area contributed by atoms with Gasteiger partial charge in [0.2, 0.25) is 0 Å². The number of hydrogen-bond acceptors (Lipinski definition) is 9. The number of esters is 1. The summed E-state index contributed by atoms with van der Waals surface area (Å²) >= 11 is 0. The van der Waals surface area contributed by atoms with Crippen LogP contribution in [0.15, 0.2) is 72.8 Å². The van der Waals surface area contributed by atoms with Crippen LogP contribution in [0.2, 0.25) is 0 Å². The van der Waals surface area contributed by atoms with Gasteiger partial charge in [-0.15, -0.1) is 0 Å². The standard InChI is InChI=1S/C26H22FNO5.C11H19NO5/c27-22-11-5-6-12-24(22)33-16-13-23(25(29)30)28(14-16)26(31)32-15-21-19-9-3-1-7-17(19)18-8-2-4-10-20(18)21;1-11(2,3)17-10(15)12-6-7(13)5-8(12)9(14)16-4/h1-12,16,21,23H,13-15H2,(H,29,30);7-8,13H,5-6H2,1-4H3/t16-,23+;7-,8-/m10/s1. The topological polar surface area (TPSA) is 152 Å². The molecule has 2 amide bonds. The molecule has 4 atom stereocenters. The average molecular weight is 693 g/mol. The fraction of sp³-hybridized carbons (Fsp3) is 0.405. The first-order valence-corrected chi connectivity index (χ1v) is 16.3. The summed E-state index contributed by atoms with van der Waals surface area (Å²) in [5.41, 5.74) is 3.73. The minimum Gasteiger partial charge on any atom is -0.485 e. The van der Waals surface area contributed by atoms with E-state index in [0.29, 0.717) is 0 Å². The number of likely N-dealkylation sites (tertiary alicyclic amines) is 2. The molecule has 3 aromatic rings. The Kier molecular flexibility index (Phi) is 11.0. The molecule has 0 unspecified atom stereocenters. The van der Waals surface area contributed by atoms with Gasteiger partial charge >= 0.3 is 24.1 Å². The average Bonchev–Trinajstić information content (AvgIpc) is 3.78. The molecule has 2 saturated heterocycles. The van der Waals surface area contributed by atoms with Crippen molar-refractivity contribution in [2.75, 3.05) is 26.8 Å². The molecule has 0 bridgehead atoms. The highest BCUT2D eigenvalue weighted by Crippen LogP contribution is 2.44. The Morgan fingerprint density at radius 2 is 1.40 bits per heavy atom. The van der Waals surface area contributed by atoms with Crippen LogP contribution in [-0.2, 0) is 23.8 Å². The minimum absolute atomic E-state index is 0.00196. The number of ether oxygens (including phenoxy) is 4. The van der Waals surface area contributed by atoms with E-state index in [9.17, 15) is 33.8 Å². The smallest absolute Gasteiger partial charge is 0.411 e. The number of hydrogen-bond donors (Lipinski definition) is 2. The zero-order chi connectivity index (χ0) is 36.2.